The second-order valence-corrected chi connectivity index (χ2v) is 10.1. The van der Waals surface area contributed by atoms with Gasteiger partial charge in [0.1, 0.15) is 34.7 Å². The predicted molar refractivity (Wildman–Crippen MR) is 128 cm³/mol. The minimum absolute atomic E-state index is 0.0688. The monoisotopic (exact) mass is 490 g/mol. The lowest BCUT2D eigenvalue weighted by Gasteiger charge is -2.20. The van der Waals surface area contributed by atoms with E-state index in [0.717, 1.165) is 28.9 Å². The van der Waals surface area contributed by atoms with Gasteiger partial charge in [0.25, 0.3) is 0 Å². The van der Waals surface area contributed by atoms with Crippen molar-refractivity contribution in [2.75, 3.05) is 5.32 Å². The van der Waals surface area contributed by atoms with Crippen LogP contribution in [0.2, 0.25) is 5.02 Å². The molecule has 0 spiro atoms. The molecule has 176 valence electrons. The number of H-pyrrole nitrogens is 1. The highest BCUT2D eigenvalue weighted by molar-refractivity contribution is 6.32. The SMILES string of the molecule is Cc1cc2[nH]c(C34CC3C4c3cc(Oc4ccnc5c4CCC(=O)N5)c(Cl)cc3O)nc2cc1F. The van der Waals surface area contributed by atoms with Gasteiger partial charge < -0.3 is 20.1 Å². The number of phenols is 1. The van der Waals surface area contributed by atoms with Gasteiger partial charge in [-0.3, -0.25) is 4.79 Å². The highest BCUT2D eigenvalue weighted by atomic mass is 35.5. The Morgan fingerprint density at radius 1 is 1.23 bits per heavy atom. The van der Waals surface area contributed by atoms with Crippen LogP contribution >= 0.6 is 11.6 Å². The summed E-state index contributed by atoms with van der Waals surface area (Å²) in [6.07, 6.45) is 3.41. The number of aryl methyl sites for hydroxylation is 1. The summed E-state index contributed by atoms with van der Waals surface area (Å²) in [5.41, 5.74) is 3.36. The summed E-state index contributed by atoms with van der Waals surface area (Å²) in [5.74, 6) is 2.48. The molecule has 0 saturated heterocycles. The zero-order valence-electron chi connectivity index (χ0n) is 18.7. The van der Waals surface area contributed by atoms with E-state index < -0.39 is 0 Å². The Morgan fingerprint density at radius 3 is 2.91 bits per heavy atom. The molecule has 0 radical (unpaired) electrons. The predicted octanol–water partition coefficient (Wildman–Crippen LogP) is 5.50. The van der Waals surface area contributed by atoms with Gasteiger partial charge in [-0.25, -0.2) is 14.4 Å². The Hall–Kier alpha value is -3.65. The number of phenolic OH excluding ortho intramolecular Hbond substituents is 1. The van der Waals surface area contributed by atoms with Gasteiger partial charge in [0, 0.05) is 47.2 Å². The molecule has 3 unspecified atom stereocenters. The summed E-state index contributed by atoms with van der Waals surface area (Å²) in [6.45, 7) is 1.73. The first kappa shape index (κ1) is 20.7. The van der Waals surface area contributed by atoms with E-state index in [1.807, 2.05) is 0 Å². The number of carbonyl (C=O) groups is 1. The van der Waals surface area contributed by atoms with Crippen molar-refractivity contribution in [1.29, 1.82) is 0 Å². The van der Waals surface area contributed by atoms with Crippen LogP contribution < -0.4 is 10.1 Å². The number of nitrogens with zero attached hydrogens (tertiary/aromatic N) is 2. The van der Waals surface area contributed by atoms with E-state index in [0.29, 0.717) is 47.2 Å². The van der Waals surface area contributed by atoms with Crippen LogP contribution in [0.3, 0.4) is 0 Å². The van der Waals surface area contributed by atoms with Gasteiger partial charge in [0.15, 0.2) is 0 Å². The molecule has 2 saturated carbocycles. The number of carbonyl (C=O) groups excluding carboxylic acids is 1. The number of benzene rings is 2. The van der Waals surface area contributed by atoms with Crippen LogP contribution in [-0.4, -0.2) is 26.0 Å². The first-order chi connectivity index (χ1) is 16.8. The second-order valence-electron chi connectivity index (χ2n) is 9.66. The second kappa shape index (κ2) is 6.95. The first-order valence-corrected chi connectivity index (χ1v) is 11.9. The third-order valence-electron chi connectivity index (χ3n) is 7.62. The summed E-state index contributed by atoms with van der Waals surface area (Å²) in [5, 5.41) is 13.8. The Kier molecular flexibility index (Phi) is 4.11. The molecule has 3 heterocycles. The number of pyridine rings is 1. The highest BCUT2D eigenvalue weighted by Crippen LogP contribution is 2.84. The van der Waals surface area contributed by atoms with E-state index in [4.69, 9.17) is 16.3 Å². The number of halogens is 2. The van der Waals surface area contributed by atoms with Crippen molar-refractivity contribution in [3.05, 3.63) is 69.9 Å². The minimum atomic E-state index is -0.275. The van der Waals surface area contributed by atoms with Gasteiger partial charge in [-0.1, -0.05) is 11.6 Å². The fourth-order valence-electron chi connectivity index (χ4n) is 5.54. The molecule has 2 fully saturated rings. The van der Waals surface area contributed by atoms with Crippen molar-refractivity contribution in [2.24, 2.45) is 5.92 Å². The summed E-state index contributed by atoms with van der Waals surface area (Å²) in [7, 11) is 0. The summed E-state index contributed by atoms with van der Waals surface area (Å²) < 4.78 is 20.2. The fraction of sp³-hybridized carbons (Fsp3) is 0.269. The van der Waals surface area contributed by atoms with Crippen molar-refractivity contribution in [2.45, 2.75) is 37.5 Å². The topological polar surface area (TPSA) is 100 Å². The normalized spacial score (nSPS) is 24.0. The average molecular weight is 491 g/mol. The van der Waals surface area contributed by atoms with E-state index >= 15 is 0 Å². The zero-order valence-corrected chi connectivity index (χ0v) is 19.4. The smallest absolute Gasteiger partial charge is 0.225 e. The number of hydrogen-bond donors (Lipinski definition) is 3. The number of imidazole rings is 1. The number of aromatic hydroxyl groups is 1. The Labute approximate surface area is 204 Å². The number of rotatable bonds is 4. The van der Waals surface area contributed by atoms with Gasteiger partial charge in [-0.2, -0.15) is 0 Å². The standard InChI is InChI=1S/C26H20ClFN4O3/c1-11-6-17-18(9-16(11)28)31-25(30-17)26-10-14(26)23(26)13-7-21(15(27)8-19(13)33)35-20-4-5-29-24-12(20)2-3-22(34)32-24/h4-9,14,23,33H,2-3,10H2,1H3,(H,30,31)(H,29,32,34). The van der Waals surface area contributed by atoms with E-state index in [-0.39, 0.29) is 33.8 Å². The lowest BCUT2D eigenvalue weighted by molar-refractivity contribution is -0.116. The average Bonchev–Trinajstić information content (AvgIpc) is 3.65. The molecule has 2 aromatic carbocycles. The molecule has 1 amide bonds. The van der Waals surface area contributed by atoms with Crippen molar-refractivity contribution >= 4 is 34.4 Å². The third kappa shape index (κ3) is 2.99. The Balaban J connectivity index is 1.22. The zero-order chi connectivity index (χ0) is 24.1. The molecular formula is C26H20ClFN4O3. The van der Waals surface area contributed by atoms with Crippen molar-refractivity contribution < 1.29 is 19.0 Å². The molecule has 0 bridgehead atoms. The van der Waals surface area contributed by atoms with Crippen LogP contribution in [0.25, 0.3) is 11.0 Å². The maximum Gasteiger partial charge on any atom is 0.225 e. The van der Waals surface area contributed by atoms with Gasteiger partial charge in [-0.05, 0) is 49.4 Å². The molecule has 4 aromatic rings. The van der Waals surface area contributed by atoms with Crippen molar-refractivity contribution in [3.8, 4) is 17.2 Å². The number of amides is 1. The molecule has 3 atom stereocenters. The quantitative estimate of drug-likeness (QED) is 0.351. The molecule has 2 aliphatic carbocycles. The number of aromatic nitrogens is 3. The van der Waals surface area contributed by atoms with Crippen molar-refractivity contribution in [3.63, 3.8) is 0 Å². The van der Waals surface area contributed by atoms with Gasteiger partial charge in [-0.15, -0.1) is 0 Å². The van der Waals surface area contributed by atoms with Gasteiger partial charge >= 0.3 is 0 Å². The number of fused-ring (bicyclic) bond motifs is 3. The number of ether oxygens (including phenoxy) is 1. The number of hydrogen-bond acceptors (Lipinski definition) is 5. The van der Waals surface area contributed by atoms with Crippen LogP contribution in [0.1, 0.15) is 41.3 Å². The number of anilines is 1. The molecule has 3 N–H and O–H groups in total. The van der Waals surface area contributed by atoms with Crippen LogP contribution in [0, 0.1) is 18.7 Å². The fourth-order valence-corrected chi connectivity index (χ4v) is 5.74. The van der Waals surface area contributed by atoms with E-state index in [1.54, 1.807) is 31.3 Å². The van der Waals surface area contributed by atoms with Crippen LogP contribution in [0.5, 0.6) is 17.2 Å². The van der Waals surface area contributed by atoms with Crippen molar-refractivity contribution in [1.82, 2.24) is 15.0 Å². The molecule has 7 rings (SSSR count). The van der Waals surface area contributed by atoms with E-state index in [1.165, 1.54) is 12.1 Å². The molecule has 3 aliphatic rings. The molecule has 2 aromatic heterocycles. The molecule has 35 heavy (non-hydrogen) atoms. The molecule has 1 aliphatic heterocycles. The summed E-state index contributed by atoms with van der Waals surface area (Å²) in [6, 6.07) is 8.27. The lowest BCUT2D eigenvalue weighted by Crippen LogP contribution is -2.20. The molecule has 7 nitrogen and oxygen atoms in total. The first-order valence-electron chi connectivity index (χ1n) is 11.5. The number of aromatic amines is 1. The molecule has 9 heteroatoms. The Bertz CT molecular complexity index is 1550. The minimum Gasteiger partial charge on any atom is -0.508 e. The summed E-state index contributed by atoms with van der Waals surface area (Å²) in [4.78, 5) is 24.0. The van der Waals surface area contributed by atoms with E-state index in [9.17, 15) is 14.3 Å². The van der Waals surface area contributed by atoms with E-state index in [2.05, 4.69) is 20.3 Å². The van der Waals surface area contributed by atoms with Gasteiger partial charge in [0.2, 0.25) is 5.91 Å². The van der Waals surface area contributed by atoms with Gasteiger partial charge in [0.05, 0.1) is 16.1 Å². The van der Waals surface area contributed by atoms with Crippen LogP contribution in [-0.2, 0) is 16.6 Å². The van der Waals surface area contributed by atoms with Crippen LogP contribution in [0.15, 0.2) is 36.5 Å². The van der Waals surface area contributed by atoms with Crippen LogP contribution in [0.4, 0.5) is 10.2 Å². The largest absolute Gasteiger partial charge is 0.508 e. The summed E-state index contributed by atoms with van der Waals surface area (Å²) >= 11 is 6.44. The highest BCUT2D eigenvalue weighted by Gasteiger charge is 2.81. The lowest BCUT2D eigenvalue weighted by atomic mass is 9.95. The third-order valence-corrected chi connectivity index (χ3v) is 7.91. The number of nitrogens with one attached hydrogen (secondary N) is 2. The Morgan fingerprint density at radius 2 is 2.09 bits per heavy atom. The maximum atomic E-state index is 14.0. The molecular weight excluding hydrogens is 471 g/mol. The maximum absolute atomic E-state index is 14.0.